The van der Waals surface area contributed by atoms with Crippen LogP contribution in [0.3, 0.4) is 0 Å². The molecule has 4 rings (SSSR count). The van der Waals surface area contributed by atoms with E-state index in [4.69, 9.17) is 0 Å². The molecule has 1 saturated heterocycles. The van der Waals surface area contributed by atoms with E-state index in [0.717, 1.165) is 11.4 Å². The van der Waals surface area contributed by atoms with Crippen LogP contribution in [0.5, 0.6) is 0 Å². The average molecular weight is 331 g/mol. The molecule has 3 aromatic rings. The van der Waals surface area contributed by atoms with Crippen molar-refractivity contribution in [2.75, 3.05) is 18.4 Å². The number of carbonyl (C=O) groups excluding carboxylic acids is 1. The molecular formula is C19H17N5O. The number of nitrogens with zero attached hydrogens (tertiary/aromatic N) is 4. The molecule has 6 nitrogen and oxygen atoms in total. The quantitative estimate of drug-likeness (QED) is 0.796. The van der Waals surface area contributed by atoms with Crippen LogP contribution < -0.4 is 5.32 Å². The van der Waals surface area contributed by atoms with E-state index in [0.29, 0.717) is 30.5 Å². The SMILES string of the molecule is O=C(c1cnc(Nc2ccccc2)nc1)N1CC(c2ccccn2)C1. The van der Waals surface area contributed by atoms with Crippen molar-refractivity contribution in [2.24, 2.45) is 0 Å². The van der Waals surface area contributed by atoms with E-state index in [1.807, 2.05) is 48.5 Å². The highest BCUT2D eigenvalue weighted by Gasteiger charge is 2.33. The molecule has 1 amide bonds. The summed E-state index contributed by atoms with van der Waals surface area (Å²) >= 11 is 0. The third-order valence-corrected chi connectivity index (χ3v) is 4.20. The minimum Gasteiger partial charge on any atom is -0.337 e. The molecule has 1 aliphatic rings. The molecule has 1 aliphatic heterocycles. The molecule has 124 valence electrons. The molecule has 2 aromatic heterocycles. The number of amides is 1. The van der Waals surface area contributed by atoms with Crippen LogP contribution >= 0.6 is 0 Å². The molecule has 0 aliphatic carbocycles. The fourth-order valence-electron chi connectivity index (χ4n) is 2.79. The zero-order chi connectivity index (χ0) is 17.1. The summed E-state index contributed by atoms with van der Waals surface area (Å²) < 4.78 is 0. The van der Waals surface area contributed by atoms with Gasteiger partial charge < -0.3 is 10.2 Å². The summed E-state index contributed by atoms with van der Waals surface area (Å²) in [6.07, 6.45) is 4.91. The van der Waals surface area contributed by atoms with Gasteiger partial charge in [-0.1, -0.05) is 24.3 Å². The van der Waals surface area contributed by atoms with Crippen molar-refractivity contribution < 1.29 is 4.79 Å². The smallest absolute Gasteiger partial charge is 0.257 e. The molecule has 6 heteroatoms. The Morgan fingerprint density at radius 2 is 1.68 bits per heavy atom. The number of benzene rings is 1. The third-order valence-electron chi connectivity index (χ3n) is 4.20. The number of rotatable bonds is 4. The van der Waals surface area contributed by atoms with Gasteiger partial charge in [0, 0.05) is 49.0 Å². The van der Waals surface area contributed by atoms with Crippen molar-refractivity contribution in [1.29, 1.82) is 0 Å². The number of likely N-dealkylation sites (tertiary alicyclic amines) is 1. The first kappa shape index (κ1) is 15.3. The van der Waals surface area contributed by atoms with E-state index < -0.39 is 0 Å². The maximum Gasteiger partial charge on any atom is 0.257 e. The molecule has 0 radical (unpaired) electrons. The fraction of sp³-hybridized carbons (Fsp3) is 0.158. The molecule has 0 saturated carbocycles. The lowest BCUT2D eigenvalue weighted by atomic mass is 9.95. The van der Waals surface area contributed by atoms with E-state index in [1.165, 1.54) is 0 Å². The minimum atomic E-state index is -0.0431. The van der Waals surface area contributed by atoms with Crippen molar-refractivity contribution in [3.63, 3.8) is 0 Å². The van der Waals surface area contributed by atoms with Gasteiger partial charge in [0.05, 0.1) is 5.56 Å². The summed E-state index contributed by atoms with van der Waals surface area (Å²) in [5.41, 5.74) is 2.44. The largest absolute Gasteiger partial charge is 0.337 e. The summed E-state index contributed by atoms with van der Waals surface area (Å²) in [6.45, 7) is 1.36. The molecule has 25 heavy (non-hydrogen) atoms. The number of aromatic nitrogens is 3. The predicted octanol–water partition coefficient (Wildman–Crippen LogP) is 2.85. The molecular weight excluding hydrogens is 314 g/mol. The lowest BCUT2D eigenvalue weighted by Gasteiger charge is -2.38. The van der Waals surface area contributed by atoms with Gasteiger partial charge in [-0.3, -0.25) is 9.78 Å². The number of para-hydroxylation sites is 1. The lowest BCUT2D eigenvalue weighted by molar-refractivity contribution is 0.0598. The zero-order valence-electron chi connectivity index (χ0n) is 13.5. The lowest BCUT2D eigenvalue weighted by Crippen LogP contribution is -2.48. The Morgan fingerprint density at radius 3 is 2.36 bits per heavy atom. The van der Waals surface area contributed by atoms with Gasteiger partial charge in [0.2, 0.25) is 5.95 Å². The Labute approximate surface area is 145 Å². The van der Waals surface area contributed by atoms with Gasteiger partial charge in [-0.05, 0) is 24.3 Å². The minimum absolute atomic E-state index is 0.0431. The third kappa shape index (κ3) is 3.33. The number of carbonyl (C=O) groups is 1. The van der Waals surface area contributed by atoms with Crippen molar-refractivity contribution in [3.8, 4) is 0 Å². The first-order valence-corrected chi connectivity index (χ1v) is 8.14. The number of hydrogen-bond donors (Lipinski definition) is 1. The second-order valence-electron chi connectivity index (χ2n) is 5.95. The second-order valence-corrected chi connectivity index (χ2v) is 5.95. The molecule has 1 N–H and O–H groups in total. The van der Waals surface area contributed by atoms with E-state index >= 15 is 0 Å². The molecule has 1 fully saturated rings. The summed E-state index contributed by atoms with van der Waals surface area (Å²) in [5.74, 6) is 0.737. The Kier molecular flexibility index (Phi) is 4.08. The van der Waals surface area contributed by atoms with Crippen LogP contribution in [0.25, 0.3) is 0 Å². The van der Waals surface area contributed by atoms with Gasteiger partial charge >= 0.3 is 0 Å². The van der Waals surface area contributed by atoms with E-state index in [2.05, 4.69) is 20.3 Å². The van der Waals surface area contributed by atoms with Crippen LogP contribution in [0.1, 0.15) is 22.0 Å². The van der Waals surface area contributed by atoms with Crippen molar-refractivity contribution in [3.05, 3.63) is 78.4 Å². The first-order valence-electron chi connectivity index (χ1n) is 8.14. The van der Waals surface area contributed by atoms with Gasteiger partial charge in [-0.2, -0.15) is 0 Å². The summed E-state index contributed by atoms with van der Waals surface area (Å²) in [7, 11) is 0. The summed E-state index contributed by atoms with van der Waals surface area (Å²) in [6, 6.07) is 15.5. The number of anilines is 2. The molecule has 0 unspecified atom stereocenters. The first-order chi connectivity index (χ1) is 12.3. The van der Waals surface area contributed by atoms with Gasteiger partial charge in [0.25, 0.3) is 5.91 Å². The molecule has 0 bridgehead atoms. The van der Waals surface area contributed by atoms with E-state index in [9.17, 15) is 4.79 Å². The Morgan fingerprint density at radius 1 is 0.960 bits per heavy atom. The van der Waals surface area contributed by atoms with Gasteiger partial charge in [-0.25, -0.2) is 9.97 Å². The van der Waals surface area contributed by atoms with Gasteiger partial charge in [0.15, 0.2) is 0 Å². The van der Waals surface area contributed by atoms with Crippen molar-refractivity contribution in [2.45, 2.75) is 5.92 Å². The second kappa shape index (κ2) is 6.68. The van der Waals surface area contributed by atoms with Crippen LogP contribution in [0.15, 0.2) is 67.1 Å². The number of hydrogen-bond acceptors (Lipinski definition) is 5. The Hall–Kier alpha value is -3.28. The van der Waals surface area contributed by atoms with E-state index in [-0.39, 0.29) is 5.91 Å². The normalized spacial score (nSPS) is 14.0. The van der Waals surface area contributed by atoms with E-state index in [1.54, 1.807) is 23.5 Å². The highest BCUT2D eigenvalue weighted by atomic mass is 16.2. The van der Waals surface area contributed by atoms with Crippen LogP contribution in [-0.4, -0.2) is 38.8 Å². The molecule has 1 aromatic carbocycles. The van der Waals surface area contributed by atoms with Crippen molar-refractivity contribution in [1.82, 2.24) is 19.9 Å². The number of nitrogens with one attached hydrogen (secondary N) is 1. The molecule has 0 spiro atoms. The van der Waals surface area contributed by atoms with Gasteiger partial charge in [-0.15, -0.1) is 0 Å². The highest BCUT2D eigenvalue weighted by Crippen LogP contribution is 2.26. The van der Waals surface area contributed by atoms with Crippen molar-refractivity contribution >= 4 is 17.5 Å². The van der Waals surface area contributed by atoms with Gasteiger partial charge in [0.1, 0.15) is 0 Å². The predicted molar refractivity (Wildman–Crippen MR) is 94.6 cm³/mol. The standard InChI is InChI=1S/C19H17N5O/c25-18(24-12-15(13-24)17-8-4-5-9-20-17)14-10-21-19(22-11-14)23-16-6-2-1-3-7-16/h1-11,15H,12-13H2,(H,21,22,23). The summed E-state index contributed by atoms with van der Waals surface area (Å²) in [4.78, 5) is 27.1. The van der Waals surface area contributed by atoms with Crippen LogP contribution in [0, 0.1) is 0 Å². The Bertz CT molecular complexity index is 846. The molecule has 0 atom stereocenters. The zero-order valence-corrected chi connectivity index (χ0v) is 13.5. The fourth-order valence-corrected chi connectivity index (χ4v) is 2.79. The average Bonchev–Trinajstić information content (AvgIpc) is 2.63. The topological polar surface area (TPSA) is 71.0 Å². The Balaban J connectivity index is 1.37. The molecule has 3 heterocycles. The maximum absolute atomic E-state index is 12.5. The van der Waals surface area contributed by atoms with Crippen LogP contribution in [0.4, 0.5) is 11.6 Å². The monoisotopic (exact) mass is 331 g/mol. The maximum atomic E-state index is 12.5. The summed E-state index contributed by atoms with van der Waals surface area (Å²) in [5, 5.41) is 3.10. The number of pyridine rings is 1. The van der Waals surface area contributed by atoms with Crippen LogP contribution in [-0.2, 0) is 0 Å². The highest BCUT2D eigenvalue weighted by molar-refractivity contribution is 5.94. The van der Waals surface area contributed by atoms with Crippen LogP contribution in [0.2, 0.25) is 0 Å².